The van der Waals surface area contributed by atoms with E-state index in [1.165, 1.54) is 13.8 Å². The smallest absolute Gasteiger partial charge is 0.312 e. The zero-order valence-electron chi connectivity index (χ0n) is 18.8. The minimum Gasteiger partial charge on any atom is -0.455 e. The minimum atomic E-state index is -0.661. The van der Waals surface area contributed by atoms with Gasteiger partial charge >= 0.3 is 5.97 Å². The minimum absolute atomic E-state index is 0.0662. The van der Waals surface area contributed by atoms with Crippen molar-refractivity contribution in [3.63, 3.8) is 0 Å². The van der Waals surface area contributed by atoms with Gasteiger partial charge in [-0.15, -0.1) is 0 Å². The SMILES string of the molecule is CC(=O)NC12C[C@H]3C[C@H](C1)CC(C(=O)OCC(=O)N[C@@H](Cc1ccccc1)C(C)=O)(C3)C2. The molecule has 0 aliphatic heterocycles. The second-order valence-electron chi connectivity index (χ2n) is 10.2. The van der Waals surface area contributed by atoms with Crippen molar-refractivity contribution in [2.24, 2.45) is 17.3 Å². The molecule has 3 atom stereocenters. The van der Waals surface area contributed by atoms with Crippen LogP contribution in [0.2, 0.25) is 0 Å². The lowest BCUT2D eigenvalue weighted by atomic mass is 9.47. The maximum absolute atomic E-state index is 13.2. The Morgan fingerprint density at radius 1 is 1.03 bits per heavy atom. The molecule has 4 saturated carbocycles. The molecule has 5 rings (SSSR count). The summed E-state index contributed by atoms with van der Waals surface area (Å²) in [7, 11) is 0. The molecule has 1 aromatic rings. The molecule has 4 aliphatic rings. The van der Waals surface area contributed by atoms with Gasteiger partial charge in [-0.2, -0.15) is 0 Å². The maximum Gasteiger partial charge on any atom is 0.312 e. The molecule has 2 amide bonds. The molecule has 32 heavy (non-hydrogen) atoms. The Balaban J connectivity index is 1.36. The van der Waals surface area contributed by atoms with Gasteiger partial charge in [-0.3, -0.25) is 19.2 Å². The number of carbonyl (C=O) groups is 4. The summed E-state index contributed by atoms with van der Waals surface area (Å²) in [6.07, 6.45) is 5.41. The largest absolute Gasteiger partial charge is 0.455 e. The number of nitrogens with one attached hydrogen (secondary N) is 2. The van der Waals surface area contributed by atoms with Crippen LogP contribution in [0.25, 0.3) is 0 Å². The Hall–Kier alpha value is -2.70. The molecule has 0 spiro atoms. The highest BCUT2D eigenvalue weighted by molar-refractivity contribution is 5.89. The second-order valence-corrected chi connectivity index (χ2v) is 10.2. The molecular weight excluding hydrogens is 408 g/mol. The molecule has 0 heterocycles. The fourth-order valence-electron chi connectivity index (χ4n) is 6.69. The zero-order valence-corrected chi connectivity index (χ0v) is 18.8. The van der Waals surface area contributed by atoms with Crippen LogP contribution in [0, 0.1) is 17.3 Å². The summed E-state index contributed by atoms with van der Waals surface area (Å²) in [5.41, 5.74) is -0.00879. The van der Waals surface area contributed by atoms with Crippen LogP contribution in [-0.2, 0) is 30.3 Å². The first-order valence-corrected chi connectivity index (χ1v) is 11.5. The predicted molar refractivity (Wildman–Crippen MR) is 117 cm³/mol. The third-order valence-corrected chi connectivity index (χ3v) is 7.38. The van der Waals surface area contributed by atoms with Crippen LogP contribution in [0.1, 0.15) is 57.9 Å². The Morgan fingerprint density at radius 2 is 1.69 bits per heavy atom. The number of hydrogen-bond acceptors (Lipinski definition) is 5. The summed E-state index contributed by atoms with van der Waals surface area (Å²) in [6.45, 7) is 2.56. The number of Topliss-reactive ketones (excluding diaryl/α,β-unsaturated/α-hetero) is 1. The van der Waals surface area contributed by atoms with Crippen LogP contribution in [0.4, 0.5) is 0 Å². The predicted octanol–water partition coefficient (Wildman–Crippen LogP) is 2.32. The Bertz CT molecular complexity index is 898. The van der Waals surface area contributed by atoms with E-state index in [0.29, 0.717) is 24.7 Å². The van der Waals surface area contributed by atoms with Gasteiger partial charge in [0, 0.05) is 12.5 Å². The van der Waals surface area contributed by atoms with Crippen LogP contribution >= 0.6 is 0 Å². The van der Waals surface area contributed by atoms with Crippen molar-refractivity contribution in [3.8, 4) is 0 Å². The normalized spacial score (nSPS) is 30.9. The number of esters is 1. The third kappa shape index (κ3) is 4.71. The van der Waals surface area contributed by atoms with E-state index in [9.17, 15) is 19.2 Å². The maximum atomic E-state index is 13.2. The van der Waals surface area contributed by atoms with Crippen molar-refractivity contribution in [2.75, 3.05) is 6.61 Å². The van der Waals surface area contributed by atoms with E-state index >= 15 is 0 Å². The standard InChI is InChI=1S/C25H32N2O5/c1-16(28)21(9-18-6-4-3-5-7-18)26-22(30)14-32-23(31)24-10-19-8-20(11-24)13-25(12-19,15-24)27-17(2)29/h3-7,19-21H,8-15H2,1-2H3,(H,26,30)(H,27,29)/t19-,20-,21-,24?,25?/m0/s1. The highest BCUT2D eigenvalue weighted by Crippen LogP contribution is 2.62. The van der Waals surface area contributed by atoms with Gasteiger partial charge in [0.15, 0.2) is 12.4 Å². The van der Waals surface area contributed by atoms with Crippen LogP contribution in [0.15, 0.2) is 30.3 Å². The highest BCUT2D eigenvalue weighted by atomic mass is 16.5. The molecule has 172 valence electrons. The molecule has 4 bridgehead atoms. The van der Waals surface area contributed by atoms with Gasteiger partial charge in [0.25, 0.3) is 5.91 Å². The summed E-state index contributed by atoms with van der Waals surface area (Å²) in [6, 6.07) is 8.81. The number of carbonyl (C=O) groups excluding carboxylic acids is 4. The molecule has 4 fully saturated rings. The van der Waals surface area contributed by atoms with Gasteiger partial charge in [0.1, 0.15) is 0 Å². The van der Waals surface area contributed by atoms with Crippen LogP contribution in [-0.4, -0.2) is 41.8 Å². The fraction of sp³-hybridized carbons (Fsp3) is 0.600. The first-order chi connectivity index (χ1) is 15.2. The molecular formula is C25H32N2O5. The first-order valence-electron chi connectivity index (χ1n) is 11.5. The summed E-state index contributed by atoms with van der Waals surface area (Å²) in [5, 5.41) is 5.84. The lowest BCUT2D eigenvalue weighted by molar-refractivity contribution is -0.177. The Labute approximate surface area is 188 Å². The zero-order chi connectivity index (χ0) is 22.9. The second kappa shape index (κ2) is 8.68. The monoisotopic (exact) mass is 440 g/mol. The van der Waals surface area contributed by atoms with Crippen LogP contribution < -0.4 is 10.6 Å². The van der Waals surface area contributed by atoms with Gasteiger partial charge < -0.3 is 15.4 Å². The summed E-state index contributed by atoms with van der Waals surface area (Å²) >= 11 is 0. The molecule has 0 saturated heterocycles. The topological polar surface area (TPSA) is 102 Å². The molecule has 7 heteroatoms. The van der Waals surface area contributed by atoms with Crippen LogP contribution in [0.3, 0.4) is 0 Å². The summed E-state index contributed by atoms with van der Waals surface area (Å²) in [5.74, 6) is -0.236. The van der Waals surface area contributed by atoms with E-state index in [1.54, 1.807) is 0 Å². The lowest BCUT2D eigenvalue weighted by Gasteiger charge is -2.60. The average molecular weight is 441 g/mol. The lowest BCUT2D eigenvalue weighted by Crippen LogP contribution is -2.64. The summed E-state index contributed by atoms with van der Waals surface area (Å²) < 4.78 is 5.49. The van der Waals surface area contributed by atoms with Gasteiger partial charge in [0.2, 0.25) is 5.91 Å². The van der Waals surface area contributed by atoms with E-state index < -0.39 is 24.0 Å². The first kappa shape index (κ1) is 22.5. The van der Waals surface area contributed by atoms with Gasteiger partial charge in [-0.1, -0.05) is 30.3 Å². The van der Waals surface area contributed by atoms with Crippen molar-refractivity contribution in [3.05, 3.63) is 35.9 Å². The van der Waals surface area contributed by atoms with E-state index in [1.807, 2.05) is 30.3 Å². The van der Waals surface area contributed by atoms with Crippen molar-refractivity contribution < 1.29 is 23.9 Å². The molecule has 0 unspecified atom stereocenters. The summed E-state index contributed by atoms with van der Waals surface area (Å²) in [4.78, 5) is 49.5. The number of benzene rings is 1. The quantitative estimate of drug-likeness (QED) is 0.604. The Kier molecular flexibility index (Phi) is 6.10. The molecule has 1 aromatic carbocycles. The average Bonchev–Trinajstić information content (AvgIpc) is 2.70. The van der Waals surface area contributed by atoms with Crippen molar-refractivity contribution in [1.29, 1.82) is 0 Å². The van der Waals surface area contributed by atoms with Crippen molar-refractivity contribution in [2.45, 2.75) is 70.4 Å². The van der Waals surface area contributed by atoms with Gasteiger partial charge in [-0.25, -0.2) is 0 Å². The van der Waals surface area contributed by atoms with Crippen molar-refractivity contribution >= 4 is 23.6 Å². The number of rotatable bonds is 8. The molecule has 2 N–H and O–H groups in total. The number of ketones is 1. The van der Waals surface area contributed by atoms with E-state index in [0.717, 1.165) is 37.7 Å². The fourth-order valence-corrected chi connectivity index (χ4v) is 6.69. The van der Waals surface area contributed by atoms with Crippen molar-refractivity contribution in [1.82, 2.24) is 10.6 Å². The molecule has 4 aliphatic carbocycles. The van der Waals surface area contributed by atoms with Crippen LogP contribution in [0.5, 0.6) is 0 Å². The van der Waals surface area contributed by atoms with Gasteiger partial charge in [0.05, 0.1) is 11.5 Å². The number of hydrogen-bond donors (Lipinski definition) is 2. The molecule has 0 aromatic heterocycles. The number of amides is 2. The Morgan fingerprint density at radius 3 is 2.28 bits per heavy atom. The highest BCUT2D eigenvalue weighted by Gasteiger charge is 2.61. The molecule has 0 radical (unpaired) electrons. The van der Waals surface area contributed by atoms with E-state index in [4.69, 9.17) is 4.74 Å². The van der Waals surface area contributed by atoms with Gasteiger partial charge in [-0.05, 0) is 69.3 Å². The number of ether oxygens (including phenoxy) is 1. The van der Waals surface area contributed by atoms with E-state index in [-0.39, 0.29) is 23.2 Å². The molecule has 7 nitrogen and oxygen atoms in total. The van der Waals surface area contributed by atoms with E-state index in [2.05, 4.69) is 10.6 Å². The third-order valence-electron chi connectivity index (χ3n) is 7.38.